The lowest BCUT2D eigenvalue weighted by molar-refractivity contribution is 0.0393. The second-order valence-electron chi connectivity index (χ2n) is 12.2. The van der Waals surface area contributed by atoms with Crippen LogP contribution >= 0.6 is 0 Å². The lowest BCUT2D eigenvalue weighted by Gasteiger charge is -2.35. The Morgan fingerprint density at radius 3 is 1.25 bits per heavy atom. The number of ketones is 2. The van der Waals surface area contributed by atoms with E-state index in [1.807, 2.05) is 0 Å². The number of Topliss-reactive ketones (excluding diaryl/α,β-unsaturated/α-hetero) is 2. The summed E-state index contributed by atoms with van der Waals surface area (Å²) in [5.41, 5.74) is -1.32. The van der Waals surface area contributed by atoms with E-state index in [0.29, 0.717) is 44.5 Å². The van der Waals surface area contributed by atoms with Gasteiger partial charge in [-0.05, 0) is 48.2 Å². The highest BCUT2D eigenvalue weighted by molar-refractivity contribution is 6.21. The Morgan fingerprint density at radius 1 is 0.568 bits per heavy atom. The molecule has 0 aliphatic heterocycles. The fourth-order valence-corrected chi connectivity index (χ4v) is 7.01. The topological polar surface area (TPSA) is 152 Å². The summed E-state index contributed by atoms with van der Waals surface area (Å²) in [4.78, 5) is 27.3. The summed E-state index contributed by atoms with van der Waals surface area (Å²) in [5.74, 6) is -0.279. The minimum atomic E-state index is -1.45. The second kappa shape index (κ2) is 10.0. The van der Waals surface area contributed by atoms with Gasteiger partial charge in [-0.1, -0.05) is 0 Å². The van der Waals surface area contributed by atoms with E-state index < -0.39 is 22.8 Å². The monoisotopic (exact) mass is 602 g/mol. The van der Waals surface area contributed by atoms with Gasteiger partial charge in [-0.2, -0.15) is 0 Å². The van der Waals surface area contributed by atoms with Gasteiger partial charge in [0.1, 0.15) is 34.5 Å². The van der Waals surface area contributed by atoms with Gasteiger partial charge in [0.05, 0.1) is 61.5 Å². The number of hydrogen-bond donors (Lipinski definition) is 4. The first kappa shape index (κ1) is 29.5. The van der Waals surface area contributed by atoms with E-state index in [1.165, 1.54) is 28.4 Å². The molecule has 2 aliphatic carbocycles. The van der Waals surface area contributed by atoms with Crippen molar-refractivity contribution in [1.29, 1.82) is 0 Å². The van der Waals surface area contributed by atoms with Crippen LogP contribution in [0, 0.1) is 0 Å². The van der Waals surface area contributed by atoms with E-state index >= 15 is 0 Å². The Hall–Kier alpha value is -4.54. The standard InChI is InChI=1S/C34H34O10/c1-33(39)11-19-25(17-7-15(41-3)9-23(43-5)29(17)31(37)27(19)21(35)13-33)26-18-8-16(42-4)10-24(44-6)30(18)32(38)28-20(26)12-34(2,40)14-22(28)36/h7-10,37-40H,11-14H2,1-6H3. The zero-order chi connectivity index (χ0) is 31.9. The molecule has 0 saturated heterocycles. The number of hydrogen-bond acceptors (Lipinski definition) is 10. The van der Waals surface area contributed by atoms with Gasteiger partial charge >= 0.3 is 0 Å². The largest absolute Gasteiger partial charge is 0.506 e. The summed E-state index contributed by atoms with van der Waals surface area (Å²) < 4.78 is 22.5. The maximum atomic E-state index is 13.7. The van der Waals surface area contributed by atoms with Crippen molar-refractivity contribution in [3.63, 3.8) is 0 Å². The van der Waals surface area contributed by atoms with E-state index in [2.05, 4.69) is 0 Å². The Kier molecular flexibility index (Phi) is 6.71. The van der Waals surface area contributed by atoms with Crippen LogP contribution < -0.4 is 18.9 Å². The summed E-state index contributed by atoms with van der Waals surface area (Å²) in [7, 11) is 5.83. The number of fused-ring (bicyclic) bond motifs is 4. The summed E-state index contributed by atoms with van der Waals surface area (Å²) in [6.45, 7) is 3.10. The van der Waals surface area contributed by atoms with Gasteiger partial charge in [0.25, 0.3) is 0 Å². The van der Waals surface area contributed by atoms with Crippen molar-refractivity contribution < 1.29 is 49.0 Å². The van der Waals surface area contributed by atoms with E-state index in [1.54, 1.807) is 38.1 Å². The number of ether oxygens (including phenoxy) is 4. The molecule has 0 fully saturated rings. The molecule has 0 radical (unpaired) electrons. The molecule has 0 heterocycles. The second-order valence-corrected chi connectivity index (χ2v) is 12.2. The predicted molar refractivity (Wildman–Crippen MR) is 163 cm³/mol. The fraction of sp³-hybridized carbons (Fsp3) is 0.353. The summed E-state index contributed by atoms with van der Waals surface area (Å²) in [6.07, 6.45) is -0.482. The van der Waals surface area contributed by atoms with E-state index in [4.69, 9.17) is 18.9 Å². The maximum absolute atomic E-state index is 13.7. The molecule has 4 N–H and O–H groups in total. The molecule has 0 spiro atoms. The molecular weight excluding hydrogens is 568 g/mol. The molecule has 44 heavy (non-hydrogen) atoms. The highest BCUT2D eigenvalue weighted by Gasteiger charge is 2.42. The molecule has 4 aromatic rings. The molecule has 0 saturated carbocycles. The summed E-state index contributed by atoms with van der Waals surface area (Å²) >= 11 is 0. The molecule has 2 atom stereocenters. The van der Waals surface area contributed by atoms with Crippen molar-refractivity contribution in [2.75, 3.05) is 28.4 Å². The minimum Gasteiger partial charge on any atom is -0.506 e. The van der Waals surface area contributed by atoms with Crippen LogP contribution in [0.4, 0.5) is 0 Å². The predicted octanol–water partition coefficient (Wildman–Crippen LogP) is 4.87. The quantitative estimate of drug-likeness (QED) is 0.249. The molecule has 10 heteroatoms. The first-order valence-electron chi connectivity index (χ1n) is 14.1. The maximum Gasteiger partial charge on any atom is 0.169 e. The average molecular weight is 603 g/mol. The molecule has 2 aliphatic rings. The van der Waals surface area contributed by atoms with E-state index in [9.17, 15) is 30.0 Å². The third-order valence-electron chi connectivity index (χ3n) is 8.76. The molecule has 0 aromatic heterocycles. The number of carbonyl (C=O) groups excluding carboxylic acids is 2. The van der Waals surface area contributed by atoms with Crippen molar-refractivity contribution in [2.24, 2.45) is 0 Å². The molecule has 2 unspecified atom stereocenters. The zero-order valence-corrected chi connectivity index (χ0v) is 25.4. The third kappa shape index (κ3) is 4.31. The number of phenolic OH excluding ortho intramolecular Hbond substituents is 2. The third-order valence-corrected chi connectivity index (χ3v) is 8.76. The smallest absolute Gasteiger partial charge is 0.169 e. The molecule has 230 valence electrons. The molecule has 0 bridgehead atoms. The number of aliphatic hydroxyl groups is 2. The van der Waals surface area contributed by atoms with Crippen LogP contribution in [0.3, 0.4) is 0 Å². The number of carbonyl (C=O) groups is 2. The van der Waals surface area contributed by atoms with Crippen molar-refractivity contribution in [2.45, 2.75) is 50.7 Å². The Morgan fingerprint density at radius 2 is 0.932 bits per heavy atom. The van der Waals surface area contributed by atoms with Crippen LogP contribution in [-0.4, -0.2) is 71.6 Å². The van der Waals surface area contributed by atoms with Crippen LogP contribution in [0.15, 0.2) is 24.3 Å². The molecular formula is C34H34O10. The van der Waals surface area contributed by atoms with Crippen LogP contribution in [0.25, 0.3) is 32.7 Å². The van der Waals surface area contributed by atoms with Crippen molar-refractivity contribution >= 4 is 33.1 Å². The van der Waals surface area contributed by atoms with Gasteiger partial charge in [0.2, 0.25) is 0 Å². The first-order valence-corrected chi connectivity index (χ1v) is 14.1. The number of rotatable bonds is 5. The Balaban J connectivity index is 1.96. The van der Waals surface area contributed by atoms with Gasteiger partial charge in [-0.15, -0.1) is 0 Å². The Bertz CT molecular complexity index is 1780. The SMILES string of the molecule is COc1cc(OC)c2c(O)c3c(c(-c4c5c(c(O)c6c(OC)cc(OC)cc46)C(=O)CC(C)(O)C5)c2c1)CC(C)(O)CC3=O. The first-order chi connectivity index (χ1) is 20.8. The lowest BCUT2D eigenvalue weighted by Crippen LogP contribution is -2.37. The number of benzene rings is 4. The molecule has 10 nitrogen and oxygen atoms in total. The molecule has 0 amide bonds. The van der Waals surface area contributed by atoms with Crippen molar-refractivity contribution in [3.05, 3.63) is 46.5 Å². The minimum absolute atomic E-state index is 0.0188. The lowest BCUT2D eigenvalue weighted by atomic mass is 9.71. The van der Waals surface area contributed by atoms with Crippen LogP contribution in [-0.2, 0) is 12.8 Å². The van der Waals surface area contributed by atoms with Gasteiger partial charge in [-0.25, -0.2) is 0 Å². The molecule has 4 aromatic carbocycles. The van der Waals surface area contributed by atoms with Crippen molar-refractivity contribution in [3.8, 4) is 45.6 Å². The van der Waals surface area contributed by atoms with Gasteiger partial charge in [-0.3, -0.25) is 9.59 Å². The normalized spacial score (nSPS) is 21.3. The van der Waals surface area contributed by atoms with Gasteiger partial charge in [0, 0.05) is 48.6 Å². The van der Waals surface area contributed by atoms with Crippen molar-refractivity contribution in [1.82, 2.24) is 0 Å². The van der Waals surface area contributed by atoms with Crippen LogP contribution in [0.2, 0.25) is 0 Å². The average Bonchev–Trinajstić information content (AvgIpc) is 2.95. The molecule has 6 rings (SSSR count). The van der Waals surface area contributed by atoms with Gasteiger partial charge < -0.3 is 39.4 Å². The highest BCUT2D eigenvalue weighted by Crippen LogP contribution is 2.55. The summed E-state index contributed by atoms with van der Waals surface area (Å²) in [6, 6.07) is 6.55. The number of methoxy groups -OCH3 is 4. The van der Waals surface area contributed by atoms with E-state index in [-0.39, 0.29) is 70.6 Å². The Labute approximate surface area is 253 Å². The van der Waals surface area contributed by atoms with E-state index in [0.717, 1.165) is 0 Å². The fourth-order valence-electron chi connectivity index (χ4n) is 7.01. The highest BCUT2D eigenvalue weighted by atomic mass is 16.5. The van der Waals surface area contributed by atoms with Crippen LogP contribution in [0.5, 0.6) is 34.5 Å². The number of aromatic hydroxyl groups is 2. The number of phenols is 2. The zero-order valence-electron chi connectivity index (χ0n) is 25.4. The van der Waals surface area contributed by atoms with Crippen LogP contribution in [0.1, 0.15) is 58.5 Å². The summed E-state index contributed by atoms with van der Waals surface area (Å²) in [5, 5.41) is 47.2. The van der Waals surface area contributed by atoms with Gasteiger partial charge in [0.15, 0.2) is 11.6 Å².